The van der Waals surface area contributed by atoms with E-state index >= 15 is 0 Å². The van der Waals surface area contributed by atoms with Gasteiger partial charge in [0.1, 0.15) is 0 Å². The zero-order chi connectivity index (χ0) is 20.2. The van der Waals surface area contributed by atoms with Crippen LogP contribution in [0.5, 0.6) is 0 Å². The Morgan fingerprint density at radius 1 is 1.17 bits per heavy atom. The largest absolute Gasteiger partial charge is 0.347 e. The minimum atomic E-state index is 0.107. The van der Waals surface area contributed by atoms with Crippen LogP contribution in [-0.2, 0) is 6.54 Å². The van der Waals surface area contributed by atoms with Gasteiger partial charge in [-0.3, -0.25) is 4.79 Å². The van der Waals surface area contributed by atoms with E-state index < -0.39 is 0 Å². The Hall–Kier alpha value is -2.41. The zero-order valence-corrected chi connectivity index (χ0v) is 17.8. The second-order valence-corrected chi connectivity index (χ2v) is 8.33. The van der Waals surface area contributed by atoms with Crippen molar-refractivity contribution in [3.8, 4) is 11.3 Å². The van der Waals surface area contributed by atoms with Crippen molar-refractivity contribution in [1.82, 2.24) is 15.2 Å². The molecular weight excluding hydrogens is 404 g/mol. The molecule has 0 spiro atoms. The lowest BCUT2D eigenvalue weighted by Crippen LogP contribution is -2.46. The van der Waals surface area contributed by atoms with Gasteiger partial charge in [0.05, 0.1) is 5.69 Å². The third-order valence-corrected chi connectivity index (χ3v) is 6.28. The Kier molecular flexibility index (Phi) is 6.13. The number of nitrogens with one attached hydrogen (secondary N) is 1. The Bertz CT molecular complexity index is 982. The molecule has 1 fully saturated rings. The molecule has 0 saturated carbocycles. The number of hydrogen-bond acceptors (Lipinski definition) is 5. The molecule has 4 rings (SSSR count). The van der Waals surface area contributed by atoms with Crippen LogP contribution in [0.1, 0.15) is 15.9 Å². The highest BCUT2D eigenvalue weighted by Crippen LogP contribution is 2.31. The van der Waals surface area contributed by atoms with Crippen molar-refractivity contribution >= 4 is 34.0 Å². The minimum Gasteiger partial charge on any atom is -0.347 e. The van der Waals surface area contributed by atoms with Crippen LogP contribution in [0.25, 0.3) is 11.3 Å². The summed E-state index contributed by atoms with van der Waals surface area (Å²) < 4.78 is 0. The van der Waals surface area contributed by atoms with E-state index in [2.05, 4.69) is 10.2 Å². The van der Waals surface area contributed by atoms with Crippen LogP contribution < -0.4 is 10.2 Å². The molecule has 29 heavy (non-hydrogen) atoms. The zero-order valence-electron chi connectivity index (χ0n) is 16.3. The first kappa shape index (κ1) is 19.9. The molecule has 0 bridgehead atoms. The minimum absolute atomic E-state index is 0.107. The van der Waals surface area contributed by atoms with Gasteiger partial charge in [-0.05, 0) is 23.8 Å². The number of carbonyl (C=O) groups is 1. The summed E-state index contributed by atoms with van der Waals surface area (Å²) in [6.45, 7) is 3.97. The number of anilines is 1. The number of nitrogens with zero attached hydrogens (tertiary/aromatic N) is 3. The number of halogens is 1. The Labute approximate surface area is 179 Å². The molecule has 0 aliphatic carbocycles. The average molecular weight is 427 g/mol. The maximum Gasteiger partial charge on any atom is 0.253 e. The number of aromatic nitrogens is 1. The van der Waals surface area contributed by atoms with Gasteiger partial charge < -0.3 is 15.1 Å². The lowest BCUT2D eigenvalue weighted by Gasteiger charge is -2.27. The average Bonchev–Trinajstić information content (AvgIpc) is 3.25. The standard InChI is InChI=1S/C22H23ClN4OS/c1-26(22-25-20(15-29-22)18-4-2-3-5-19(18)23)14-16-6-8-17(9-7-16)21(28)27-12-10-24-11-13-27/h2-9,15,24H,10-14H2,1H3. The number of rotatable bonds is 5. The molecule has 1 aliphatic heterocycles. The van der Waals surface area contributed by atoms with E-state index in [1.54, 1.807) is 11.3 Å². The number of amides is 1. The lowest BCUT2D eigenvalue weighted by atomic mass is 10.1. The van der Waals surface area contributed by atoms with E-state index in [0.29, 0.717) is 5.02 Å². The second kappa shape index (κ2) is 8.95. The molecule has 150 valence electrons. The maximum absolute atomic E-state index is 12.6. The van der Waals surface area contributed by atoms with Crippen LogP contribution >= 0.6 is 22.9 Å². The summed E-state index contributed by atoms with van der Waals surface area (Å²) in [7, 11) is 2.02. The molecule has 1 aliphatic rings. The van der Waals surface area contributed by atoms with Gasteiger partial charge in [-0.25, -0.2) is 4.98 Å². The fourth-order valence-electron chi connectivity index (χ4n) is 3.38. The van der Waals surface area contributed by atoms with Crippen LogP contribution in [-0.4, -0.2) is 49.0 Å². The highest BCUT2D eigenvalue weighted by molar-refractivity contribution is 7.14. The number of piperazine rings is 1. The van der Waals surface area contributed by atoms with Gasteiger partial charge in [0.2, 0.25) is 0 Å². The van der Waals surface area contributed by atoms with E-state index in [-0.39, 0.29) is 5.91 Å². The van der Waals surface area contributed by atoms with Crippen molar-refractivity contribution in [2.75, 3.05) is 38.1 Å². The van der Waals surface area contributed by atoms with E-state index in [4.69, 9.17) is 16.6 Å². The topological polar surface area (TPSA) is 48.5 Å². The summed E-state index contributed by atoms with van der Waals surface area (Å²) in [5, 5.41) is 6.94. The van der Waals surface area contributed by atoms with E-state index in [9.17, 15) is 4.79 Å². The number of benzene rings is 2. The highest BCUT2D eigenvalue weighted by atomic mass is 35.5. The van der Waals surface area contributed by atoms with Crippen molar-refractivity contribution < 1.29 is 4.79 Å². The Morgan fingerprint density at radius 2 is 1.90 bits per heavy atom. The molecule has 1 aromatic heterocycles. The fraction of sp³-hybridized carbons (Fsp3) is 0.273. The molecule has 2 heterocycles. The van der Waals surface area contributed by atoms with Crippen LogP contribution in [0.2, 0.25) is 5.02 Å². The predicted molar refractivity (Wildman–Crippen MR) is 120 cm³/mol. The third-order valence-electron chi connectivity index (χ3n) is 4.99. The van der Waals surface area contributed by atoms with Crippen molar-refractivity contribution in [2.24, 2.45) is 0 Å². The van der Waals surface area contributed by atoms with Gasteiger partial charge in [-0.1, -0.05) is 41.9 Å². The van der Waals surface area contributed by atoms with Crippen LogP contribution in [0.15, 0.2) is 53.9 Å². The van der Waals surface area contributed by atoms with Crippen LogP contribution in [0.4, 0.5) is 5.13 Å². The molecule has 0 atom stereocenters. The molecule has 2 aromatic carbocycles. The molecule has 1 amide bonds. The fourth-order valence-corrected chi connectivity index (χ4v) is 4.40. The van der Waals surface area contributed by atoms with Crippen LogP contribution in [0.3, 0.4) is 0 Å². The lowest BCUT2D eigenvalue weighted by molar-refractivity contribution is 0.0736. The molecule has 1 N–H and O–H groups in total. The number of carbonyl (C=O) groups excluding carboxylic acids is 1. The molecule has 0 unspecified atom stereocenters. The summed E-state index contributed by atoms with van der Waals surface area (Å²) in [5.41, 5.74) is 3.72. The monoisotopic (exact) mass is 426 g/mol. The molecular formula is C22H23ClN4OS. The second-order valence-electron chi connectivity index (χ2n) is 7.09. The smallest absolute Gasteiger partial charge is 0.253 e. The number of hydrogen-bond donors (Lipinski definition) is 1. The number of thiazole rings is 1. The molecule has 7 heteroatoms. The Morgan fingerprint density at radius 3 is 2.62 bits per heavy atom. The Balaban J connectivity index is 1.42. The SMILES string of the molecule is CN(Cc1ccc(C(=O)N2CCNCC2)cc1)c1nc(-c2ccccc2Cl)cs1. The molecule has 5 nitrogen and oxygen atoms in total. The van der Waals surface area contributed by atoms with E-state index in [1.165, 1.54) is 0 Å². The van der Waals surface area contributed by atoms with Crippen molar-refractivity contribution in [2.45, 2.75) is 6.54 Å². The quantitative estimate of drug-likeness (QED) is 0.666. The van der Waals surface area contributed by atoms with E-state index in [0.717, 1.165) is 60.2 Å². The van der Waals surface area contributed by atoms with Crippen molar-refractivity contribution in [3.05, 3.63) is 70.1 Å². The first-order chi connectivity index (χ1) is 14.1. The molecule has 3 aromatic rings. The normalized spacial score (nSPS) is 14.1. The summed E-state index contributed by atoms with van der Waals surface area (Å²) in [5.74, 6) is 0.107. The van der Waals surface area contributed by atoms with Gasteiger partial charge in [-0.2, -0.15) is 0 Å². The molecule has 0 radical (unpaired) electrons. The van der Waals surface area contributed by atoms with Gasteiger partial charge in [0.25, 0.3) is 5.91 Å². The van der Waals surface area contributed by atoms with E-state index in [1.807, 2.05) is 65.9 Å². The van der Waals surface area contributed by atoms with Gasteiger partial charge in [0.15, 0.2) is 5.13 Å². The predicted octanol–water partition coefficient (Wildman–Crippen LogP) is 4.15. The maximum atomic E-state index is 12.6. The highest BCUT2D eigenvalue weighted by Gasteiger charge is 2.18. The first-order valence-electron chi connectivity index (χ1n) is 9.62. The van der Waals surface area contributed by atoms with Crippen LogP contribution in [0, 0.1) is 0 Å². The van der Waals surface area contributed by atoms with Gasteiger partial charge in [0, 0.05) is 61.3 Å². The third kappa shape index (κ3) is 4.61. The summed E-state index contributed by atoms with van der Waals surface area (Å²) in [4.78, 5) is 21.3. The first-order valence-corrected chi connectivity index (χ1v) is 10.9. The van der Waals surface area contributed by atoms with Gasteiger partial charge >= 0.3 is 0 Å². The molecule has 1 saturated heterocycles. The van der Waals surface area contributed by atoms with Crippen molar-refractivity contribution in [1.29, 1.82) is 0 Å². The van der Waals surface area contributed by atoms with Gasteiger partial charge in [-0.15, -0.1) is 11.3 Å². The summed E-state index contributed by atoms with van der Waals surface area (Å²) in [6, 6.07) is 15.6. The van der Waals surface area contributed by atoms with Crippen molar-refractivity contribution in [3.63, 3.8) is 0 Å². The summed E-state index contributed by atoms with van der Waals surface area (Å²) >= 11 is 7.89. The summed E-state index contributed by atoms with van der Waals surface area (Å²) in [6.07, 6.45) is 0.